The van der Waals surface area contributed by atoms with E-state index in [1.165, 1.54) is 5.56 Å². The SMILES string of the molecule is CC.CC(C)(C)c1ccc(Cl)c(Cl)c1. The Hall–Kier alpha value is -0.200. The van der Waals surface area contributed by atoms with Gasteiger partial charge in [0.2, 0.25) is 0 Å². The third-order valence-corrected chi connectivity index (χ3v) is 2.52. The molecular weight excluding hydrogens is 215 g/mol. The van der Waals surface area contributed by atoms with Crippen molar-refractivity contribution < 1.29 is 0 Å². The van der Waals surface area contributed by atoms with Crippen LogP contribution in [0.1, 0.15) is 40.2 Å². The molecule has 0 saturated carbocycles. The Balaban J connectivity index is 0.000000791. The number of halogens is 2. The summed E-state index contributed by atoms with van der Waals surface area (Å²) in [5.74, 6) is 0. The molecule has 0 bridgehead atoms. The third-order valence-electron chi connectivity index (χ3n) is 1.79. The van der Waals surface area contributed by atoms with Crippen LogP contribution in [0.2, 0.25) is 10.0 Å². The molecule has 0 atom stereocenters. The molecule has 1 aromatic carbocycles. The van der Waals surface area contributed by atoms with Gasteiger partial charge in [0, 0.05) is 0 Å². The Morgan fingerprint density at radius 1 is 0.929 bits per heavy atom. The van der Waals surface area contributed by atoms with Gasteiger partial charge in [-0.1, -0.05) is 63.9 Å². The maximum atomic E-state index is 5.89. The van der Waals surface area contributed by atoms with Crippen molar-refractivity contribution in [3.05, 3.63) is 33.8 Å². The molecule has 0 heterocycles. The topological polar surface area (TPSA) is 0 Å². The molecule has 0 fully saturated rings. The minimum atomic E-state index is 0.133. The van der Waals surface area contributed by atoms with Crippen LogP contribution in [-0.2, 0) is 5.41 Å². The first-order chi connectivity index (χ1) is 6.41. The lowest BCUT2D eigenvalue weighted by Gasteiger charge is -2.19. The van der Waals surface area contributed by atoms with E-state index in [0.717, 1.165) is 0 Å². The Kier molecular flexibility index (Phi) is 5.54. The average Bonchev–Trinajstić information content (AvgIpc) is 2.11. The zero-order chi connectivity index (χ0) is 11.4. The summed E-state index contributed by atoms with van der Waals surface area (Å²) in [7, 11) is 0. The van der Waals surface area contributed by atoms with Gasteiger partial charge < -0.3 is 0 Å². The number of hydrogen-bond acceptors (Lipinski definition) is 0. The minimum absolute atomic E-state index is 0.133. The molecule has 1 rings (SSSR count). The van der Waals surface area contributed by atoms with E-state index >= 15 is 0 Å². The van der Waals surface area contributed by atoms with Gasteiger partial charge in [0.1, 0.15) is 0 Å². The highest BCUT2D eigenvalue weighted by Crippen LogP contribution is 2.29. The molecule has 2 heteroatoms. The maximum Gasteiger partial charge on any atom is 0.0595 e. The summed E-state index contributed by atoms with van der Waals surface area (Å²) in [6.07, 6.45) is 0. The molecule has 0 unspecified atom stereocenters. The summed E-state index contributed by atoms with van der Waals surface area (Å²) in [5, 5.41) is 1.24. The Morgan fingerprint density at radius 2 is 1.43 bits per heavy atom. The van der Waals surface area contributed by atoms with Crippen LogP contribution in [0.5, 0.6) is 0 Å². The molecule has 0 aliphatic rings. The predicted octanol–water partition coefficient (Wildman–Crippen LogP) is 5.32. The fraction of sp³-hybridized carbons (Fsp3) is 0.500. The fourth-order valence-electron chi connectivity index (χ4n) is 0.963. The molecule has 0 radical (unpaired) electrons. The van der Waals surface area contributed by atoms with Crippen LogP contribution in [0.3, 0.4) is 0 Å². The van der Waals surface area contributed by atoms with Crippen molar-refractivity contribution in [1.29, 1.82) is 0 Å². The predicted molar refractivity (Wildman–Crippen MR) is 66.5 cm³/mol. The van der Waals surface area contributed by atoms with E-state index < -0.39 is 0 Å². The molecule has 0 aliphatic heterocycles. The van der Waals surface area contributed by atoms with Gasteiger partial charge in [-0.25, -0.2) is 0 Å². The highest BCUT2D eigenvalue weighted by atomic mass is 35.5. The van der Waals surface area contributed by atoms with E-state index in [9.17, 15) is 0 Å². The van der Waals surface area contributed by atoms with Crippen LogP contribution >= 0.6 is 23.2 Å². The Bertz CT molecular complexity index is 285. The molecule has 1 aromatic rings. The standard InChI is InChI=1S/C10H12Cl2.C2H6/c1-10(2,3)7-4-5-8(11)9(12)6-7;1-2/h4-6H,1-3H3;1-2H3. The number of rotatable bonds is 0. The lowest BCUT2D eigenvalue weighted by atomic mass is 9.87. The van der Waals surface area contributed by atoms with Gasteiger partial charge in [-0.05, 0) is 23.1 Å². The van der Waals surface area contributed by atoms with Crippen molar-refractivity contribution in [1.82, 2.24) is 0 Å². The highest BCUT2D eigenvalue weighted by Gasteiger charge is 2.14. The zero-order valence-corrected chi connectivity index (χ0v) is 11.0. The summed E-state index contributed by atoms with van der Waals surface area (Å²) in [5.41, 5.74) is 1.34. The second-order valence-electron chi connectivity index (χ2n) is 3.88. The minimum Gasteiger partial charge on any atom is -0.0827 e. The second-order valence-corrected chi connectivity index (χ2v) is 4.69. The van der Waals surface area contributed by atoms with Crippen molar-refractivity contribution >= 4 is 23.2 Å². The molecule has 0 spiro atoms. The van der Waals surface area contributed by atoms with Crippen LogP contribution in [0.25, 0.3) is 0 Å². The summed E-state index contributed by atoms with van der Waals surface area (Å²) in [6, 6.07) is 5.77. The van der Waals surface area contributed by atoms with Gasteiger partial charge >= 0.3 is 0 Å². The van der Waals surface area contributed by atoms with Crippen LogP contribution in [0, 0.1) is 0 Å². The Labute approximate surface area is 97.2 Å². The van der Waals surface area contributed by atoms with Gasteiger partial charge in [-0.3, -0.25) is 0 Å². The second kappa shape index (κ2) is 5.63. The van der Waals surface area contributed by atoms with Crippen molar-refractivity contribution in [3.63, 3.8) is 0 Å². The van der Waals surface area contributed by atoms with E-state index in [4.69, 9.17) is 23.2 Å². The van der Waals surface area contributed by atoms with E-state index in [1.54, 1.807) is 0 Å². The maximum absolute atomic E-state index is 5.89. The summed E-state index contributed by atoms with van der Waals surface area (Å²) in [6.45, 7) is 10.4. The lowest BCUT2D eigenvalue weighted by molar-refractivity contribution is 0.590. The van der Waals surface area contributed by atoms with Crippen molar-refractivity contribution in [2.24, 2.45) is 0 Å². The lowest BCUT2D eigenvalue weighted by Crippen LogP contribution is -2.10. The number of hydrogen-bond donors (Lipinski definition) is 0. The smallest absolute Gasteiger partial charge is 0.0595 e. The van der Waals surface area contributed by atoms with Gasteiger partial charge in [-0.15, -0.1) is 0 Å². The van der Waals surface area contributed by atoms with Gasteiger partial charge in [0.15, 0.2) is 0 Å². The van der Waals surface area contributed by atoms with Crippen LogP contribution < -0.4 is 0 Å². The first kappa shape index (κ1) is 13.8. The molecule has 0 saturated heterocycles. The quantitative estimate of drug-likeness (QED) is 0.569. The molecule has 0 nitrogen and oxygen atoms in total. The van der Waals surface area contributed by atoms with Crippen LogP contribution in [0.15, 0.2) is 18.2 Å². The number of benzene rings is 1. The molecule has 14 heavy (non-hydrogen) atoms. The summed E-state index contributed by atoms with van der Waals surface area (Å²) < 4.78 is 0. The fourth-order valence-corrected chi connectivity index (χ4v) is 1.26. The van der Waals surface area contributed by atoms with Crippen molar-refractivity contribution in [3.8, 4) is 0 Å². The van der Waals surface area contributed by atoms with Crippen LogP contribution in [-0.4, -0.2) is 0 Å². The normalized spacial score (nSPS) is 10.5. The Morgan fingerprint density at radius 3 is 1.79 bits per heavy atom. The van der Waals surface area contributed by atoms with Gasteiger partial charge in [0.25, 0.3) is 0 Å². The molecule has 0 amide bonds. The molecule has 0 N–H and O–H groups in total. The zero-order valence-electron chi connectivity index (χ0n) is 9.49. The molecule has 80 valence electrons. The highest BCUT2D eigenvalue weighted by molar-refractivity contribution is 6.42. The largest absolute Gasteiger partial charge is 0.0827 e. The molecular formula is C12H18Cl2. The summed E-state index contributed by atoms with van der Waals surface area (Å²) in [4.78, 5) is 0. The third kappa shape index (κ3) is 3.89. The summed E-state index contributed by atoms with van der Waals surface area (Å²) >= 11 is 11.7. The van der Waals surface area contributed by atoms with Gasteiger partial charge in [-0.2, -0.15) is 0 Å². The first-order valence-corrected chi connectivity index (χ1v) is 5.62. The first-order valence-electron chi connectivity index (χ1n) is 4.87. The van der Waals surface area contributed by atoms with E-state index in [0.29, 0.717) is 10.0 Å². The van der Waals surface area contributed by atoms with Crippen molar-refractivity contribution in [2.75, 3.05) is 0 Å². The van der Waals surface area contributed by atoms with E-state index in [1.807, 2.05) is 32.0 Å². The average molecular weight is 233 g/mol. The van der Waals surface area contributed by atoms with Crippen molar-refractivity contribution in [2.45, 2.75) is 40.0 Å². The van der Waals surface area contributed by atoms with E-state index in [2.05, 4.69) is 20.8 Å². The van der Waals surface area contributed by atoms with Gasteiger partial charge in [0.05, 0.1) is 10.0 Å². The monoisotopic (exact) mass is 232 g/mol. The molecule has 0 aliphatic carbocycles. The molecule has 0 aromatic heterocycles. The van der Waals surface area contributed by atoms with E-state index in [-0.39, 0.29) is 5.41 Å². The van der Waals surface area contributed by atoms with Crippen LogP contribution in [0.4, 0.5) is 0 Å².